The van der Waals surface area contributed by atoms with Gasteiger partial charge in [0.05, 0.1) is 5.92 Å². The van der Waals surface area contributed by atoms with E-state index in [0.717, 1.165) is 5.56 Å². The fourth-order valence-corrected chi connectivity index (χ4v) is 2.27. The van der Waals surface area contributed by atoms with Gasteiger partial charge in [-0.3, -0.25) is 14.5 Å². The van der Waals surface area contributed by atoms with Gasteiger partial charge >= 0.3 is 0 Å². The number of amides is 2. The molecule has 4 nitrogen and oxygen atoms in total. The zero-order chi connectivity index (χ0) is 14.0. The van der Waals surface area contributed by atoms with Crippen LogP contribution in [0.4, 0.5) is 0 Å². The Morgan fingerprint density at radius 2 is 1.89 bits per heavy atom. The molecule has 4 heteroatoms. The fourth-order valence-electron chi connectivity index (χ4n) is 2.27. The van der Waals surface area contributed by atoms with Crippen molar-refractivity contribution >= 4 is 11.8 Å². The number of carbonyl (C=O) groups excluding carboxylic acids is 2. The van der Waals surface area contributed by atoms with Crippen molar-refractivity contribution in [1.82, 2.24) is 4.90 Å². The van der Waals surface area contributed by atoms with Crippen LogP contribution in [-0.4, -0.2) is 35.0 Å². The van der Waals surface area contributed by atoms with Gasteiger partial charge in [0.25, 0.3) is 0 Å². The summed E-state index contributed by atoms with van der Waals surface area (Å²) < 4.78 is 0. The molecule has 1 aromatic rings. The first kappa shape index (κ1) is 13.7. The number of rotatable bonds is 4. The molecule has 2 amide bonds. The van der Waals surface area contributed by atoms with Crippen LogP contribution >= 0.6 is 0 Å². The first-order valence-electron chi connectivity index (χ1n) is 6.44. The summed E-state index contributed by atoms with van der Waals surface area (Å²) in [6.45, 7) is 3.89. The molecule has 0 aromatic heterocycles. The van der Waals surface area contributed by atoms with Crippen LogP contribution in [0.2, 0.25) is 0 Å². The van der Waals surface area contributed by atoms with E-state index in [2.05, 4.69) is 0 Å². The lowest BCUT2D eigenvalue weighted by Gasteiger charge is -2.27. The van der Waals surface area contributed by atoms with E-state index < -0.39 is 5.41 Å². The number of carbonyl (C=O) groups is 2. The molecular weight excluding hydrogens is 242 g/mol. The average molecular weight is 261 g/mol. The summed E-state index contributed by atoms with van der Waals surface area (Å²) in [7, 11) is 0. The Bertz CT molecular complexity index is 481. The zero-order valence-electron chi connectivity index (χ0n) is 11.3. The summed E-state index contributed by atoms with van der Waals surface area (Å²) >= 11 is 0. The molecule has 0 spiro atoms. The molecule has 1 aromatic carbocycles. The summed E-state index contributed by atoms with van der Waals surface area (Å²) in [5, 5.41) is 9.26. The predicted molar refractivity (Wildman–Crippen MR) is 71.4 cm³/mol. The van der Waals surface area contributed by atoms with Gasteiger partial charge in [0.15, 0.2) is 0 Å². The summed E-state index contributed by atoms with van der Waals surface area (Å²) in [5.41, 5.74) is 0.418. The Morgan fingerprint density at radius 1 is 1.26 bits per heavy atom. The maximum atomic E-state index is 12.3. The molecule has 1 heterocycles. The number of aliphatic hydroxyl groups is 1. The van der Waals surface area contributed by atoms with Crippen molar-refractivity contribution in [3.05, 3.63) is 35.9 Å². The highest BCUT2D eigenvalue weighted by molar-refractivity contribution is 6.06. The zero-order valence-corrected chi connectivity index (χ0v) is 11.3. The summed E-state index contributed by atoms with van der Waals surface area (Å²) in [6, 6.07) is 9.37. The highest BCUT2D eigenvalue weighted by Crippen LogP contribution is 2.31. The molecule has 0 saturated carbocycles. The number of imide groups is 1. The first-order chi connectivity index (χ1) is 8.94. The third kappa shape index (κ3) is 2.84. The normalized spacial score (nSPS) is 20.2. The molecule has 2 rings (SSSR count). The van der Waals surface area contributed by atoms with E-state index in [1.165, 1.54) is 4.90 Å². The Kier molecular flexibility index (Phi) is 3.71. The van der Waals surface area contributed by atoms with E-state index in [0.29, 0.717) is 0 Å². The molecule has 1 saturated heterocycles. The van der Waals surface area contributed by atoms with Crippen molar-refractivity contribution in [2.24, 2.45) is 5.41 Å². The number of hydrogen-bond donors (Lipinski definition) is 1. The summed E-state index contributed by atoms with van der Waals surface area (Å²) in [6.07, 6.45) is 0.227. The van der Waals surface area contributed by atoms with Crippen molar-refractivity contribution < 1.29 is 14.7 Å². The third-order valence-electron chi connectivity index (χ3n) is 3.46. The SMILES string of the molecule is CC(C)(CO)CN1C(=O)CC(c2ccccc2)C1=O. The van der Waals surface area contributed by atoms with Gasteiger partial charge in [-0.25, -0.2) is 0 Å². The van der Waals surface area contributed by atoms with Crippen molar-refractivity contribution in [1.29, 1.82) is 0 Å². The molecule has 19 heavy (non-hydrogen) atoms. The molecule has 1 aliphatic heterocycles. The van der Waals surface area contributed by atoms with Gasteiger partial charge in [-0.05, 0) is 5.56 Å². The van der Waals surface area contributed by atoms with Crippen LogP contribution in [0.5, 0.6) is 0 Å². The van der Waals surface area contributed by atoms with Gasteiger partial charge in [-0.1, -0.05) is 44.2 Å². The monoisotopic (exact) mass is 261 g/mol. The molecule has 102 valence electrons. The van der Waals surface area contributed by atoms with Crippen molar-refractivity contribution in [2.75, 3.05) is 13.2 Å². The minimum absolute atomic E-state index is 0.0555. The minimum Gasteiger partial charge on any atom is -0.396 e. The highest BCUT2D eigenvalue weighted by Gasteiger charge is 2.41. The molecule has 1 fully saturated rings. The number of nitrogens with zero attached hydrogens (tertiary/aromatic N) is 1. The number of likely N-dealkylation sites (tertiary alicyclic amines) is 1. The predicted octanol–water partition coefficient (Wildman–Crippen LogP) is 1.55. The topological polar surface area (TPSA) is 57.6 Å². The highest BCUT2D eigenvalue weighted by atomic mass is 16.3. The van der Waals surface area contributed by atoms with E-state index in [4.69, 9.17) is 0 Å². The van der Waals surface area contributed by atoms with Crippen LogP contribution in [0.15, 0.2) is 30.3 Å². The lowest BCUT2D eigenvalue weighted by Crippen LogP contribution is -2.40. The Balaban J connectivity index is 2.18. The molecule has 0 bridgehead atoms. The van der Waals surface area contributed by atoms with Crippen LogP contribution in [0.1, 0.15) is 31.7 Å². The lowest BCUT2D eigenvalue weighted by molar-refractivity contribution is -0.140. The smallest absolute Gasteiger partial charge is 0.237 e. The second-order valence-corrected chi connectivity index (χ2v) is 5.81. The van der Waals surface area contributed by atoms with Gasteiger partial charge in [0.2, 0.25) is 11.8 Å². The van der Waals surface area contributed by atoms with Gasteiger partial charge in [-0.15, -0.1) is 0 Å². The van der Waals surface area contributed by atoms with E-state index >= 15 is 0 Å². The molecular formula is C15H19NO3. The van der Waals surface area contributed by atoms with Crippen LogP contribution in [-0.2, 0) is 9.59 Å². The second kappa shape index (κ2) is 5.13. The number of hydrogen-bond acceptors (Lipinski definition) is 3. The lowest BCUT2D eigenvalue weighted by atomic mass is 9.94. The van der Waals surface area contributed by atoms with Crippen LogP contribution in [0.3, 0.4) is 0 Å². The quantitative estimate of drug-likeness (QED) is 0.837. The number of benzene rings is 1. The van der Waals surface area contributed by atoms with Gasteiger partial charge < -0.3 is 5.11 Å². The molecule has 1 unspecified atom stereocenters. The standard InChI is InChI=1S/C15H19NO3/c1-15(2,10-17)9-16-13(18)8-12(14(16)19)11-6-4-3-5-7-11/h3-7,12,17H,8-10H2,1-2H3. The Labute approximate surface area is 113 Å². The van der Waals surface area contributed by atoms with Gasteiger partial charge in [-0.2, -0.15) is 0 Å². The van der Waals surface area contributed by atoms with Gasteiger partial charge in [0.1, 0.15) is 0 Å². The fraction of sp³-hybridized carbons (Fsp3) is 0.467. The molecule has 0 aliphatic carbocycles. The van der Waals surface area contributed by atoms with Crippen LogP contribution in [0.25, 0.3) is 0 Å². The third-order valence-corrected chi connectivity index (χ3v) is 3.46. The van der Waals surface area contributed by atoms with Crippen molar-refractivity contribution in [3.63, 3.8) is 0 Å². The van der Waals surface area contributed by atoms with E-state index in [1.54, 1.807) is 0 Å². The van der Waals surface area contributed by atoms with E-state index in [9.17, 15) is 14.7 Å². The summed E-state index contributed by atoms with van der Waals surface area (Å²) in [5.74, 6) is -0.679. The minimum atomic E-state index is -0.461. The summed E-state index contributed by atoms with van der Waals surface area (Å²) in [4.78, 5) is 25.6. The Hall–Kier alpha value is -1.68. The molecule has 1 aliphatic rings. The van der Waals surface area contributed by atoms with Crippen LogP contribution in [0, 0.1) is 5.41 Å². The molecule has 0 radical (unpaired) electrons. The van der Waals surface area contributed by atoms with Gasteiger partial charge in [0, 0.05) is 25.0 Å². The van der Waals surface area contributed by atoms with Crippen LogP contribution < -0.4 is 0 Å². The molecule has 1 atom stereocenters. The van der Waals surface area contributed by atoms with E-state index in [1.807, 2.05) is 44.2 Å². The van der Waals surface area contributed by atoms with Crippen molar-refractivity contribution in [3.8, 4) is 0 Å². The maximum Gasteiger partial charge on any atom is 0.237 e. The second-order valence-electron chi connectivity index (χ2n) is 5.81. The average Bonchev–Trinajstić information content (AvgIpc) is 2.67. The largest absolute Gasteiger partial charge is 0.396 e. The van der Waals surface area contributed by atoms with Crippen molar-refractivity contribution in [2.45, 2.75) is 26.2 Å². The number of aliphatic hydroxyl groups excluding tert-OH is 1. The van der Waals surface area contributed by atoms with E-state index in [-0.39, 0.29) is 37.3 Å². The Morgan fingerprint density at radius 3 is 2.47 bits per heavy atom. The first-order valence-corrected chi connectivity index (χ1v) is 6.44. The molecule has 1 N–H and O–H groups in total. The maximum absolute atomic E-state index is 12.3.